The topological polar surface area (TPSA) is 68.8 Å². The van der Waals surface area contributed by atoms with E-state index in [1.165, 1.54) is 0 Å². The number of aliphatic hydroxyl groups is 1. The van der Waals surface area contributed by atoms with Gasteiger partial charge in [0.1, 0.15) is 12.0 Å². The summed E-state index contributed by atoms with van der Waals surface area (Å²) in [6, 6.07) is 10.1. The Hall–Kier alpha value is -2.47. The quantitative estimate of drug-likeness (QED) is 0.803. The summed E-state index contributed by atoms with van der Waals surface area (Å²) in [6.07, 6.45) is 4.82. The van der Waals surface area contributed by atoms with Crippen LogP contribution in [0.4, 0.5) is 0 Å². The van der Waals surface area contributed by atoms with Gasteiger partial charge in [0.25, 0.3) is 0 Å². The van der Waals surface area contributed by atoms with Crippen LogP contribution >= 0.6 is 0 Å². The molecule has 6 heteroatoms. The first-order valence-electron chi connectivity index (χ1n) is 7.40. The van der Waals surface area contributed by atoms with Gasteiger partial charge in [0, 0.05) is 12.6 Å². The molecule has 22 heavy (non-hydrogen) atoms. The van der Waals surface area contributed by atoms with Crippen molar-refractivity contribution in [1.82, 2.24) is 24.3 Å². The molecule has 2 aromatic heterocycles. The third-order valence-electron chi connectivity index (χ3n) is 4.32. The molecule has 2 heterocycles. The maximum atomic E-state index is 10.0. The Bertz CT molecular complexity index is 792. The van der Waals surface area contributed by atoms with Gasteiger partial charge in [-0.3, -0.25) is 0 Å². The highest BCUT2D eigenvalue weighted by atomic mass is 16.3. The molecule has 2 atom stereocenters. The molecule has 0 amide bonds. The van der Waals surface area contributed by atoms with Crippen LogP contribution in [0.5, 0.6) is 0 Å². The molecule has 0 bridgehead atoms. The van der Waals surface area contributed by atoms with Gasteiger partial charge in [0.2, 0.25) is 0 Å². The van der Waals surface area contributed by atoms with Gasteiger partial charge in [-0.05, 0) is 12.8 Å². The summed E-state index contributed by atoms with van der Waals surface area (Å²) >= 11 is 0. The summed E-state index contributed by atoms with van der Waals surface area (Å²) in [6.45, 7) is 0. The average Bonchev–Trinajstić information content (AvgIpc) is 3.13. The Labute approximate surface area is 128 Å². The molecule has 3 aromatic rings. The summed E-state index contributed by atoms with van der Waals surface area (Å²) in [5.41, 5.74) is 2.82. The highest BCUT2D eigenvalue weighted by Gasteiger charge is 2.34. The predicted octanol–water partition coefficient (Wildman–Crippen LogP) is 2.04. The van der Waals surface area contributed by atoms with E-state index in [0.29, 0.717) is 0 Å². The largest absolute Gasteiger partial charge is 0.391 e. The third-order valence-corrected chi connectivity index (χ3v) is 4.32. The van der Waals surface area contributed by atoms with Gasteiger partial charge in [-0.15, -0.1) is 0 Å². The van der Waals surface area contributed by atoms with Gasteiger partial charge < -0.3 is 9.67 Å². The first-order valence-corrected chi connectivity index (χ1v) is 7.40. The number of imidazole rings is 1. The van der Waals surface area contributed by atoms with E-state index >= 15 is 0 Å². The minimum absolute atomic E-state index is 0.0664. The maximum Gasteiger partial charge on any atom is 0.176 e. The van der Waals surface area contributed by atoms with Crippen molar-refractivity contribution in [2.24, 2.45) is 7.05 Å². The molecule has 0 saturated heterocycles. The van der Waals surface area contributed by atoms with Crippen molar-refractivity contribution in [1.29, 1.82) is 0 Å². The summed E-state index contributed by atoms with van der Waals surface area (Å²) in [4.78, 5) is 8.97. The van der Waals surface area contributed by atoms with Crippen molar-refractivity contribution in [3.05, 3.63) is 43.0 Å². The van der Waals surface area contributed by atoms with Crippen LogP contribution < -0.4 is 0 Å². The lowest BCUT2D eigenvalue weighted by Gasteiger charge is -2.34. The first-order chi connectivity index (χ1) is 10.8. The van der Waals surface area contributed by atoms with Crippen LogP contribution in [-0.4, -0.2) is 35.5 Å². The minimum Gasteiger partial charge on any atom is -0.391 e. The zero-order valence-corrected chi connectivity index (χ0v) is 12.3. The number of hydrogen-bond donors (Lipinski definition) is 1. The van der Waals surface area contributed by atoms with Gasteiger partial charge in [0.15, 0.2) is 5.82 Å². The molecule has 0 radical (unpaired) electrons. The van der Waals surface area contributed by atoms with Crippen molar-refractivity contribution in [2.45, 2.75) is 25.0 Å². The Balaban J connectivity index is 1.91. The Morgan fingerprint density at radius 3 is 2.55 bits per heavy atom. The molecule has 1 saturated carbocycles. The summed E-state index contributed by atoms with van der Waals surface area (Å²) < 4.78 is 3.78. The van der Waals surface area contributed by atoms with Crippen molar-refractivity contribution in [3.8, 4) is 22.8 Å². The molecule has 1 aromatic carbocycles. The molecule has 0 aliphatic heterocycles. The molecule has 1 fully saturated rings. The lowest BCUT2D eigenvalue weighted by Crippen LogP contribution is -2.33. The molecular formula is C16H17N5O. The van der Waals surface area contributed by atoms with Crippen LogP contribution in [0.2, 0.25) is 0 Å². The van der Waals surface area contributed by atoms with Gasteiger partial charge in [-0.25, -0.2) is 14.6 Å². The Morgan fingerprint density at radius 2 is 1.95 bits per heavy atom. The van der Waals surface area contributed by atoms with E-state index in [0.717, 1.165) is 35.6 Å². The van der Waals surface area contributed by atoms with Crippen LogP contribution in [0.15, 0.2) is 43.0 Å². The van der Waals surface area contributed by atoms with Crippen molar-refractivity contribution >= 4 is 0 Å². The molecule has 1 aliphatic rings. The lowest BCUT2D eigenvalue weighted by atomic mass is 9.88. The maximum absolute atomic E-state index is 10.0. The fourth-order valence-corrected chi connectivity index (χ4v) is 2.94. The number of aryl methyl sites for hydroxylation is 1. The zero-order valence-electron chi connectivity index (χ0n) is 12.3. The standard InChI is InChI=1S/C16H17N5O/c1-20-16(17-9-19-20)15-14(11-5-3-2-4-6-11)18-10-21(15)12-7-8-13(12)22/h2-6,9-10,12-13,22H,7-8H2,1H3/t12-,13-/m1/s1. The van der Waals surface area contributed by atoms with Gasteiger partial charge in [-0.2, -0.15) is 5.10 Å². The normalized spacial score (nSPS) is 20.8. The minimum atomic E-state index is -0.315. The molecule has 4 rings (SSSR count). The molecule has 0 spiro atoms. The molecule has 6 nitrogen and oxygen atoms in total. The predicted molar refractivity (Wildman–Crippen MR) is 81.9 cm³/mol. The van der Waals surface area contributed by atoms with Crippen LogP contribution in [0.25, 0.3) is 22.8 Å². The van der Waals surface area contributed by atoms with Gasteiger partial charge >= 0.3 is 0 Å². The number of aromatic nitrogens is 5. The molecular weight excluding hydrogens is 278 g/mol. The lowest BCUT2D eigenvalue weighted by molar-refractivity contribution is 0.0323. The second-order valence-corrected chi connectivity index (χ2v) is 5.63. The molecule has 112 valence electrons. The molecule has 1 N–H and O–H groups in total. The van der Waals surface area contributed by atoms with E-state index in [1.54, 1.807) is 17.3 Å². The van der Waals surface area contributed by atoms with E-state index < -0.39 is 0 Å². The molecule has 0 unspecified atom stereocenters. The fraction of sp³-hybridized carbons (Fsp3) is 0.312. The zero-order chi connectivity index (χ0) is 15.1. The van der Waals surface area contributed by atoms with Crippen molar-refractivity contribution in [2.75, 3.05) is 0 Å². The Kier molecular flexibility index (Phi) is 3.04. The van der Waals surface area contributed by atoms with Crippen LogP contribution in [0, 0.1) is 0 Å². The van der Waals surface area contributed by atoms with E-state index in [1.807, 2.05) is 41.9 Å². The Morgan fingerprint density at radius 1 is 1.14 bits per heavy atom. The van der Waals surface area contributed by atoms with E-state index in [-0.39, 0.29) is 12.1 Å². The average molecular weight is 295 g/mol. The smallest absolute Gasteiger partial charge is 0.176 e. The number of aliphatic hydroxyl groups excluding tert-OH is 1. The first kappa shape index (κ1) is 13.2. The second-order valence-electron chi connectivity index (χ2n) is 5.63. The third kappa shape index (κ3) is 1.95. The van der Waals surface area contributed by atoms with E-state index in [2.05, 4.69) is 15.1 Å². The number of rotatable bonds is 3. The van der Waals surface area contributed by atoms with Crippen LogP contribution in [0.1, 0.15) is 18.9 Å². The highest BCUT2D eigenvalue weighted by Crippen LogP contribution is 2.38. The molecule has 1 aliphatic carbocycles. The fourth-order valence-electron chi connectivity index (χ4n) is 2.94. The monoisotopic (exact) mass is 295 g/mol. The van der Waals surface area contributed by atoms with E-state index in [9.17, 15) is 5.11 Å². The highest BCUT2D eigenvalue weighted by molar-refractivity contribution is 5.75. The number of benzene rings is 1. The summed E-state index contributed by atoms with van der Waals surface area (Å²) in [7, 11) is 1.87. The SMILES string of the molecule is Cn1ncnc1-c1c(-c2ccccc2)ncn1[C@@H]1CC[C@H]1O. The van der Waals surface area contributed by atoms with Gasteiger partial charge in [-0.1, -0.05) is 30.3 Å². The second kappa shape index (κ2) is 5.06. The van der Waals surface area contributed by atoms with Gasteiger partial charge in [0.05, 0.1) is 24.2 Å². The van der Waals surface area contributed by atoms with E-state index in [4.69, 9.17) is 0 Å². The van der Waals surface area contributed by atoms with Crippen LogP contribution in [-0.2, 0) is 7.05 Å². The van der Waals surface area contributed by atoms with Crippen molar-refractivity contribution < 1.29 is 5.11 Å². The number of nitrogens with zero attached hydrogens (tertiary/aromatic N) is 5. The summed E-state index contributed by atoms with van der Waals surface area (Å²) in [5.74, 6) is 0.760. The van der Waals surface area contributed by atoms with Crippen molar-refractivity contribution in [3.63, 3.8) is 0 Å². The summed E-state index contributed by atoms with van der Waals surface area (Å²) in [5, 5.41) is 14.2. The van der Waals surface area contributed by atoms with Crippen LogP contribution in [0.3, 0.4) is 0 Å². The number of hydrogen-bond acceptors (Lipinski definition) is 4.